The number of aromatic amines is 1. The minimum atomic E-state index is 0.611. The highest BCUT2D eigenvalue weighted by Crippen LogP contribution is 2.22. The van der Waals surface area contributed by atoms with Gasteiger partial charge in [0.15, 0.2) is 0 Å². The van der Waals surface area contributed by atoms with Gasteiger partial charge in [-0.15, -0.1) is 0 Å². The standard InChI is InChI=1S/C12H7N3/c13-5-9-1-3-10(4-2-9)12-8-15-7-11(12)6-14/h1-4,7-8,15H. The first-order chi connectivity index (χ1) is 7.35. The summed E-state index contributed by atoms with van der Waals surface area (Å²) >= 11 is 0. The van der Waals surface area contributed by atoms with Gasteiger partial charge in [-0.05, 0) is 17.7 Å². The molecule has 1 heterocycles. The molecule has 0 aliphatic carbocycles. The first-order valence-corrected chi connectivity index (χ1v) is 4.42. The molecule has 1 aromatic heterocycles. The number of H-pyrrole nitrogens is 1. The van der Waals surface area contributed by atoms with Crippen molar-refractivity contribution >= 4 is 0 Å². The minimum Gasteiger partial charge on any atom is -0.366 e. The minimum absolute atomic E-state index is 0.611. The summed E-state index contributed by atoms with van der Waals surface area (Å²) in [5.74, 6) is 0. The fraction of sp³-hybridized carbons (Fsp3) is 0. The van der Waals surface area contributed by atoms with Gasteiger partial charge in [-0.3, -0.25) is 0 Å². The molecule has 15 heavy (non-hydrogen) atoms. The molecule has 0 bridgehead atoms. The Morgan fingerprint density at radius 3 is 2.27 bits per heavy atom. The highest BCUT2D eigenvalue weighted by Gasteiger charge is 2.04. The Labute approximate surface area is 87.2 Å². The highest BCUT2D eigenvalue weighted by atomic mass is 14.6. The van der Waals surface area contributed by atoms with E-state index in [-0.39, 0.29) is 0 Å². The summed E-state index contributed by atoms with van der Waals surface area (Å²) in [5, 5.41) is 17.5. The summed E-state index contributed by atoms with van der Waals surface area (Å²) < 4.78 is 0. The second-order valence-corrected chi connectivity index (χ2v) is 3.08. The summed E-state index contributed by atoms with van der Waals surface area (Å²) in [6.45, 7) is 0. The van der Waals surface area contributed by atoms with Gasteiger partial charge >= 0.3 is 0 Å². The van der Waals surface area contributed by atoms with Crippen LogP contribution in [0.3, 0.4) is 0 Å². The third kappa shape index (κ3) is 1.59. The van der Waals surface area contributed by atoms with Gasteiger partial charge in [-0.2, -0.15) is 10.5 Å². The van der Waals surface area contributed by atoms with Gasteiger partial charge in [0.1, 0.15) is 6.07 Å². The number of aromatic nitrogens is 1. The molecule has 0 aliphatic heterocycles. The average Bonchev–Trinajstić information content (AvgIpc) is 2.77. The quantitative estimate of drug-likeness (QED) is 0.755. The molecular formula is C12H7N3. The molecule has 2 aromatic rings. The van der Waals surface area contributed by atoms with Crippen molar-refractivity contribution < 1.29 is 0 Å². The van der Waals surface area contributed by atoms with E-state index in [1.807, 2.05) is 12.1 Å². The molecule has 2 rings (SSSR count). The molecular weight excluding hydrogens is 186 g/mol. The zero-order valence-corrected chi connectivity index (χ0v) is 7.86. The number of rotatable bonds is 1. The number of nitriles is 2. The van der Waals surface area contributed by atoms with E-state index in [4.69, 9.17) is 10.5 Å². The molecule has 3 heteroatoms. The fourth-order valence-electron chi connectivity index (χ4n) is 1.42. The van der Waals surface area contributed by atoms with E-state index >= 15 is 0 Å². The smallest absolute Gasteiger partial charge is 0.101 e. The highest BCUT2D eigenvalue weighted by molar-refractivity contribution is 5.70. The molecule has 0 saturated carbocycles. The van der Waals surface area contributed by atoms with E-state index in [1.54, 1.807) is 24.5 Å². The normalized spacial score (nSPS) is 9.20. The summed E-state index contributed by atoms with van der Waals surface area (Å²) in [7, 11) is 0. The molecule has 0 unspecified atom stereocenters. The van der Waals surface area contributed by atoms with Crippen LogP contribution in [-0.2, 0) is 0 Å². The average molecular weight is 193 g/mol. The van der Waals surface area contributed by atoms with Crippen LogP contribution in [0.2, 0.25) is 0 Å². The van der Waals surface area contributed by atoms with E-state index in [1.165, 1.54) is 0 Å². The maximum Gasteiger partial charge on any atom is 0.101 e. The van der Waals surface area contributed by atoms with Crippen LogP contribution in [0.5, 0.6) is 0 Å². The summed E-state index contributed by atoms with van der Waals surface area (Å²) in [5.41, 5.74) is 3.03. The molecule has 0 radical (unpaired) electrons. The van der Waals surface area contributed by atoms with Gasteiger partial charge in [-0.1, -0.05) is 12.1 Å². The molecule has 0 fully saturated rings. The van der Waals surface area contributed by atoms with E-state index in [2.05, 4.69) is 17.1 Å². The van der Waals surface area contributed by atoms with E-state index < -0.39 is 0 Å². The molecule has 0 spiro atoms. The van der Waals surface area contributed by atoms with Gasteiger partial charge in [0, 0.05) is 18.0 Å². The Balaban J connectivity index is 2.48. The number of hydrogen-bond donors (Lipinski definition) is 1. The topological polar surface area (TPSA) is 63.4 Å². The lowest BCUT2D eigenvalue weighted by Gasteiger charge is -1.97. The monoisotopic (exact) mass is 193 g/mol. The molecule has 1 aromatic carbocycles. The van der Waals surface area contributed by atoms with Crippen LogP contribution in [-0.4, -0.2) is 4.98 Å². The van der Waals surface area contributed by atoms with E-state index in [9.17, 15) is 0 Å². The Morgan fingerprint density at radius 1 is 0.933 bits per heavy atom. The lowest BCUT2D eigenvalue weighted by Crippen LogP contribution is -1.79. The Kier molecular flexibility index (Phi) is 2.23. The Bertz CT molecular complexity index is 550. The fourth-order valence-corrected chi connectivity index (χ4v) is 1.42. The van der Waals surface area contributed by atoms with Gasteiger partial charge in [0.2, 0.25) is 0 Å². The number of nitrogens with zero attached hydrogens (tertiary/aromatic N) is 2. The molecule has 1 N–H and O–H groups in total. The van der Waals surface area contributed by atoms with Crippen molar-refractivity contribution in [1.82, 2.24) is 4.98 Å². The number of nitrogens with one attached hydrogen (secondary N) is 1. The lowest BCUT2D eigenvalue weighted by atomic mass is 10.0. The molecule has 0 atom stereocenters. The third-order valence-corrected chi connectivity index (χ3v) is 2.19. The van der Waals surface area contributed by atoms with Gasteiger partial charge in [-0.25, -0.2) is 0 Å². The second-order valence-electron chi connectivity index (χ2n) is 3.08. The number of hydrogen-bond acceptors (Lipinski definition) is 2. The molecule has 0 saturated heterocycles. The van der Waals surface area contributed by atoms with Gasteiger partial charge < -0.3 is 4.98 Å². The van der Waals surface area contributed by atoms with Crippen molar-refractivity contribution in [3.8, 4) is 23.3 Å². The zero-order chi connectivity index (χ0) is 10.7. The van der Waals surface area contributed by atoms with E-state index in [0.717, 1.165) is 11.1 Å². The van der Waals surface area contributed by atoms with Crippen molar-refractivity contribution in [1.29, 1.82) is 10.5 Å². The van der Waals surface area contributed by atoms with Crippen LogP contribution in [0.4, 0.5) is 0 Å². The molecule has 0 aliphatic rings. The predicted octanol–water partition coefficient (Wildman–Crippen LogP) is 2.43. The van der Waals surface area contributed by atoms with Crippen LogP contribution in [0.15, 0.2) is 36.7 Å². The van der Waals surface area contributed by atoms with Crippen LogP contribution in [0, 0.1) is 22.7 Å². The van der Waals surface area contributed by atoms with Crippen molar-refractivity contribution in [3.05, 3.63) is 47.8 Å². The Morgan fingerprint density at radius 2 is 1.67 bits per heavy atom. The Hall–Kier alpha value is -2.52. The molecule has 3 nitrogen and oxygen atoms in total. The lowest BCUT2D eigenvalue weighted by molar-refractivity contribution is 1.40. The maximum atomic E-state index is 8.85. The third-order valence-electron chi connectivity index (χ3n) is 2.19. The largest absolute Gasteiger partial charge is 0.366 e. The predicted molar refractivity (Wildman–Crippen MR) is 55.7 cm³/mol. The van der Waals surface area contributed by atoms with Crippen LogP contribution >= 0.6 is 0 Å². The summed E-state index contributed by atoms with van der Waals surface area (Å²) in [6.07, 6.45) is 3.44. The van der Waals surface area contributed by atoms with Crippen molar-refractivity contribution in [2.45, 2.75) is 0 Å². The second kappa shape index (κ2) is 3.69. The first kappa shape index (κ1) is 9.05. The van der Waals surface area contributed by atoms with Gasteiger partial charge in [0.25, 0.3) is 0 Å². The van der Waals surface area contributed by atoms with Crippen molar-refractivity contribution in [3.63, 3.8) is 0 Å². The summed E-state index contributed by atoms with van der Waals surface area (Å²) in [6, 6.07) is 11.3. The molecule has 0 amide bonds. The molecule has 70 valence electrons. The maximum absolute atomic E-state index is 8.85. The zero-order valence-electron chi connectivity index (χ0n) is 7.86. The number of benzene rings is 1. The van der Waals surface area contributed by atoms with Crippen LogP contribution in [0.1, 0.15) is 11.1 Å². The van der Waals surface area contributed by atoms with Gasteiger partial charge in [0.05, 0.1) is 17.2 Å². The van der Waals surface area contributed by atoms with Crippen molar-refractivity contribution in [2.24, 2.45) is 0 Å². The van der Waals surface area contributed by atoms with Crippen LogP contribution < -0.4 is 0 Å². The van der Waals surface area contributed by atoms with Crippen molar-refractivity contribution in [2.75, 3.05) is 0 Å². The van der Waals surface area contributed by atoms with E-state index in [0.29, 0.717) is 11.1 Å². The van der Waals surface area contributed by atoms with Crippen LogP contribution in [0.25, 0.3) is 11.1 Å². The summed E-state index contributed by atoms with van der Waals surface area (Å²) in [4.78, 5) is 2.89. The SMILES string of the molecule is N#Cc1ccc(-c2c[nH]cc2C#N)cc1. The first-order valence-electron chi connectivity index (χ1n) is 4.42.